The monoisotopic (exact) mass is 149 g/mol. The van der Waals surface area contributed by atoms with Gasteiger partial charge in [-0.3, -0.25) is 0 Å². The van der Waals surface area contributed by atoms with Crippen LogP contribution in [0.15, 0.2) is 5.10 Å². The van der Waals surface area contributed by atoms with Crippen molar-refractivity contribution in [2.24, 2.45) is 22.3 Å². The number of urea groups is 1. The molecule has 6 nitrogen and oxygen atoms in total. The van der Waals surface area contributed by atoms with Gasteiger partial charge in [0, 0.05) is 0 Å². The number of thiol groups is 1. The number of nitrogens with two attached hydrogens (primary N) is 3. The number of hydrogen-bond donors (Lipinski definition) is 4. The lowest BCUT2D eigenvalue weighted by molar-refractivity contribution is 0.236. The first-order valence-corrected chi connectivity index (χ1v) is 2.32. The van der Waals surface area contributed by atoms with Gasteiger partial charge in [-0.1, -0.05) is 0 Å². The lowest BCUT2D eigenvalue weighted by Gasteiger charge is -2.03. The molecule has 0 heterocycles. The summed E-state index contributed by atoms with van der Waals surface area (Å²) in [6.07, 6.45) is 0. The quantitative estimate of drug-likeness (QED) is 0.156. The molecule has 0 radical (unpaired) electrons. The van der Waals surface area contributed by atoms with Crippen LogP contribution in [0.3, 0.4) is 0 Å². The largest absolute Gasteiger partial charge is 0.369 e. The van der Waals surface area contributed by atoms with Crippen LogP contribution in [-0.4, -0.2) is 16.4 Å². The van der Waals surface area contributed by atoms with Gasteiger partial charge in [-0.15, -0.1) is 5.10 Å². The second-order valence-corrected chi connectivity index (χ2v) is 1.53. The molecule has 0 atom stereocenters. The third kappa shape index (κ3) is 3.47. The van der Waals surface area contributed by atoms with Crippen LogP contribution in [0.5, 0.6) is 0 Å². The Morgan fingerprint density at radius 2 is 1.89 bits per heavy atom. The fraction of sp³-hybridized carbons (Fsp3) is 0. The molecule has 0 aromatic heterocycles. The van der Waals surface area contributed by atoms with Crippen molar-refractivity contribution in [2.45, 2.75) is 0 Å². The third-order valence-electron chi connectivity index (χ3n) is 0.407. The van der Waals surface area contributed by atoms with E-state index in [0.717, 1.165) is 0 Å². The standard InChI is InChI=1S/C2H7N5OS/c3-1(4)6-7(9)2(5)8/h9H,(H2,5,8)(H4,3,4,6). The summed E-state index contributed by atoms with van der Waals surface area (Å²) >= 11 is 3.48. The zero-order valence-corrected chi connectivity index (χ0v) is 5.38. The number of guanidine groups is 1. The predicted molar refractivity (Wildman–Crippen MR) is 36.2 cm³/mol. The Morgan fingerprint density at radius 1 is 1.44 bits per heavy atom. The molecular formula is C2H7N5OS. The molecule has 0 saturated carbocycles. The van der Waals surface area contributed by atoms with Crippen molar-refractivity contribution in [2.75, 3.05) is 0 Å². The third-order valence-corrected chi connectivity index (χ3v) is 0.694. The summed E-state index contributed by atoms with van der Waals surface area (Å²) in [4.78, 5) is 10.1. The SMILES string of the molecule is NC(=O)N(S)N=C(N)N. The molecule has 0 aliphatic carbocycles. The average Bonchev–Trinajstić information content (AvgIpc) is 1.63. The van der Waals surface area contributed by atoms with E-state index in [4.69, 9.17) is 11.5 Å². The van der Waals surface area contributed by atoms with Crippen molar-refractivity contribution in [1.82, 2.24) is 4.41 Å². The van der Waals surface area contributed by atoms with Gasteiger partial charge < -0.3 is 17.2 Å². The van der Waals surface area contributed by atoms with Gasteiger partial charge in [-0.2, -0.15) is 4.41 Å². The molecule has 0 saturated heterocycles. The number of nitrogens with zero attached hydrogens (tertiary/aromatic N) is 2. The van der Waals surface area contributed by atoms with E-state index in [-0.39, 0.29) is 5.96 Å². The van der Waals surface area contributed by atoms with E-state index in [1.807, 2.05) is 0 Å². The zero-order valence-electron chi connectivity index (χ0n) is 4.48. The molecule has 0 aromatic carbocycles. The lowest BCUT2D eigenvalue weighted by Crippen LogP contribution is -2.30. The van der Waals surface area contributed by atoms with E-state index in [1.54, 1.807) is 0 Å². The second-order valence-electron chi connectivity index (χ2n) is 1.15. The molecule has 6 N–H and O–H groups in total. The first-order valence-electron chi connectivity index (χ1n) is 1.92. The number of carbonyl (C=O) groups is 1. The molecule has 0 aliphatic heterocycles. The van der Waals surface area contributed by atoms with Crippen LogP contribution in [0.1, 0.15) is 0 Å². The number of amides is 2. The maximum atomic E-state index is 10.1. The maximum absolute atomic E-state index is 10.1. The van der Waals surface area contributed by atoms with Crippen molar-refractivity contribution in [3.8, 4) is 0 Å². The Hall–Kier alpha value is -1.11. The number of carbonyl (C=O) groups excluding carboxylic acids is 1. The van der Waals surface area contributed by atoms with E-state index in [0.29, 0.717) is 4.41 Å². The summed E-state index contributed by atoms with van der Waals surface area (Å²) < 4.78 is 0.537. The van der Waals surface area contributed by atoms with Gasteiger partial charge in [0.1, 0.15) is 0 Å². The summed E-state index contributed by atoms with van der Waals surface area (Å²) in [7, 11) is 0. The van der Waals surface area contributed by atoms with Crippen LogP contribution in [0, 0.1) is 0 Å². The van der Waals surface area contributed by atoms with E-state index < -0.39 is 6.03 Å². The molecule has 7 heteroatoms. The molecule has 0 spiro atoms. The molecule has 0 fully saturated rings. The summed E-state index contributed by atoms with van der Waals surface area (Å²) in [5.41, 5.74) is 14.4. The van der Waals surface area contributed by atoms with E-state index in [9.17, 15) is 4.79 Å². The van der Waals surface area contributed by atoms with Gasteiger partial charge in [0.25, 0.3) is 0 Å². The highest BCUT2D eigenvalue weighted by atomic mass is 32.1. The van der Waals surface area contributed by atoms with Gasteiger partial charge in [-0.05, 0) is 12.8 Å². The Morgan fingerprint density at radius 3 is 2.00 bits per heavy atom. The zero-order chi connectivity index (χ0) is 7.44. The Kier molecular flexibility index (Phi) is 2.65. The maximum Gasteiger partial charge on any atom is 0.345 e. The molecule has 0 rings (SSSR count). The van der Waals surface area contributed by atoms with Crippen molar-refractivity contribution in [3.63, 3.8) is 0 Å². The fourth-order valence-electron chi connectivity index (χ4n) is 0.159. The van der Waals surface area contributed by atoms with Gasteiger partial charge in [0.05, 0.1) is 0 Å². The molecular weight excluding hydrogens is 142 g/mol. The summed E-state index contributed by atoms with van der Waals surface area (Å²) in [5, 5.41) is 3.17. The normalized spacial score (nSPS) is 8.11. The van der Waals surface area contributed by atoms with Crippen molar-refractivity contribution in [3.05, 3.63) is 0 Å². The number of rotatable bonds is 1. The van der Waals surface area contributed by atoms with Crippen LogP contribution in [0.2, 0.25) is 0 Å². The molecule has 0 aromatic rings. The first-order chi connectivity index (χ1) is 4.04. The lowest BCUT2D eigenvalue weighted by atomic mass is 11.1. The number of hydrogen-bond acceptors (Lipinski definition) is 3. The van der Waals surface area contributed by atoms with Crippen molar-refractivity contribution in [1.29, 1.82) is 0 Å². The van der Waals surface area contributed by atoms with Crippen molar-refractivity contribution < 1.29 is 4.79 Å². The number of hydrazone groups is 1. The van der Waals surface area contributed by atoms with Crippen LogP contribution >= 0.6 is 12.8 Å². The van der Waals surface area contributed by atoms with Gasteiger partial charge >= 0.3 is 6.03 Å². The molecule has 0 aliphatic rings. The minimum absolute atomic E-state index is 0.274. The van der Waals surface area contributed by atoms with Crippen LogP contribution in [0.4, 0.5) is 4.79 Å². The molecule has 52 valence electrons. The van der Waals surface area contributed by atoms with Gasteiger partial charge in [0.2, 0.25) is 5.96 Å². The highest BCUT2D eigenvalue weighted by Gasteiger charge is 1.99. The smallest absolute Gasteiger partial charge is 0.345 e. The Balaban J connectivity index is 3.91. The molecule has 0 bridgehead atoms. The summed E-state index contributed by atoms with van der Waals surface area (Å²) in [6, 6.07) is -0.841. The van der Waals surface area contributed by atoms with Gasteiger partial charge in [0.15, 0.2) is 0 Å². The number of primary amides is 1. The first kappa shape index (κ1) is 7.89. The van der Waals surface area contributed by atoms with E-state index >= 15 is 0 Å². The molecule has 2 amide bonds. The average molecular weight is 149 g/mol. The topological polar surface area (TPSA) is 111 Å². The summed E-state index contributed by atoms with van der Waals surface area (Å²) in [6.45, 7) is 0. The molecule has 0 unspecified atom stereocenters. The Bertz CT molecular complexity index is 140. The van der Waals surface area contributed by atoms with Gasteiger partial charge in [-0.25, -0.2) is 4.79 Å². The minimum Gasteiger partial charge on any atom is -0.369 e. The van der Waals surface area contributed by atoms with Crippen LogP contribution in [-0.2, 0) is 0 Å². The molecule has 9 heavy (non-hydrogen) atoms. The fourth-order valence-corrected chi connectivity index (χ4v) is 0.262. The summed E-state index contributed by atoms with van der Waals surface area (Å²) in [5.74, 6) is -0.274. The van der Waals surface area contributed by atoms with Crippen molar-refractivity contribution >= 4 is 24.8 Å². The van der Waals surface area contributed by atoms with E-state index in [2.05, 4.69) is 23.6 Å². The van der Waals surface area contributed by atoms with Crippen LogP contribution in [0.25, 0.3) is 0 Å². The highest BCUT2D eigenvalue weighted by molar-refractivity contribution is 7.78. The Labute approximate surface area is 57.2 Å². The van der Waals surface area contributed by atoms with Crippen LogP contribution < -0.4 is 17.2 Å². The predicted octanol–water partition coefficient (Wildman–Crippen LogP) is -1.60. The highest BCUT2D eigenvalue weighted by Crippen LogP contribution is 1.90. The second kappa shape index (κ2) is 3.02. The minimum atomic E-state index is -0.841. The van der Waals surface area contributed by atoms with E-state index in [1.165, 1.54) is 0 Å².